The number of carbonyl (C=O) groups excluding carboxylic acids is 2. The third-order valence-electron chi connectivity index (χ3n) is 3.72. The van der Waals surface area contributed by atoms with Crippen molar-refractivity contribution in [1.29, 1.82) is 0 Å². The largest absolute Gasteiger partial charge is 0.492 e. The average Bonchev–Trinajstić information content (AvgIpc) is 3.00. The Labute approximate surface area is 186 Å². The summed E-state index contributed by atoms with van der Waals surface area (Å²) in [5, 5.41) is 5.36. The van der Waals surface area contributed by atoms with Crippen LogP contribution in [0.4, 0.5) is 5.69 Å². The topological polar surface area (TPSA) is 76.7 Å². The zero-order valence-electron chi connectivity index (χ0n) is 15.4. The quantitative estimate of drug-likeness (QED) is 0.441. The predicted octanol–water partition coefficient (Wildman–Crippen LogP) is 4.35. The molecule has 9 heteroatoms. The fraction of sp³-hybridized carbons (Fsp3) is 0.150. The number of hydrogen-bond donors (Lipinski definition) is 2. The molecule has 0 radical (unpaired) electrons. The zero-order chi connectivity index (χ0) is 20.8. The van der Waals surface area contributed by atoms with Gasteiger partial charge in [0, 0.05) is 10.0 Å². The van der Waals surface area contributed by atoms with Crippen LogP contribution in [0.2, 0.25) is 0 Å². The summed E-state index contributed by atoms with van der Waals surface area (Å²) < 4.78 is 12.4. The number of rotatable bonds is 7. The number of halogens is 1. The van der Waals surface area contributed by atoms with E-state index in [0.717, 1.165) is 4.47 Å². The van der Waals surface area contributed by atoms with Crippen LogP contribution in [0.15, 0.2) is 51.8 Å². The molecule has 2 aromatic carbocycles. The van der Waals surface area contributed by atoms with E-state index in [2.05, 4.69) is 26.6 Å². The molecule has 150 valence electrons. The highest BCUT2D eigenvalue weighted by Crippen LogP contribution is 2.31. The number of nitrogens with one attached hydrogen (secondary N) is 2. The van der Waals surface area contributed by atoms with E-state index < -0.39 is 0 Å². The second-order valence-corrected chi connectivity index (χ2v) is 8.43. The molecule has 1 fully saturated rings. The van der Waals surface area contributed by atoms with Gasteiger partial charge in [-0.15, -0.1) is 0 Å². The lowest BCUT2D eigenvalue weighted by molar-refractivity contribution is -0.118. The summed E-state index contributed by atoms with van der Waals surface area (Å²) in [5.41, 5.74) is 1.23. The first-order valence-electron chi connectivity index (χ1n) is 8.65. The van der Waals surface area contributed by atoms with Crippen molar-refractivity contribution in [3.63, 3.8) is 0 Å². The van der Waals surface area contributed by atoms with E-state index in [1.165, 1.54) is 11.8 Å². The van der Waals surface area contributed by atoms with E-state index in [-0.39, 0.29) is 18.4 Å². The second kappa shape index (κ2) is 9.91. The number of benzene rings is 2. The summed E-state index contributed by atoms with van der Waals surface area (Å²) in [6.45, 7) is 2.17. The van der Waals surface area contributed by atoms with Gasteiger partial charge in [0.2, 0.25) is 0 Å². The van der Waals surface area contributed by atoms with E-state index in [0.29, 0.717) is 38.6 Å². The summed E-state index contributed by atoms with van der Waals surface area (Å²) in [6.07, 6.45) is 1.68. The zero-order valence-corrected chi connectivity index (χ0v) is 18.6. The molecule has 0 saturated carbocycles. The lowest BCUT2D eigenvalue weighted by Crippen LogP contribution is -2.21. The fourth-order valence-electron chi connectivity index (χ4n) is 2.51. The Morgan fingerprint density at radius 2 is 2.03 bits per heavy atom. The van der Waals surface area contributed by atoms with Gasteiger partial charge in [-0.3, -0.25) is 9.59 Å². The summed E-state index contributed by atoms with van der Waals surface area (Å²) in [6, 6.07) is 12.5. The molecule has 1 saturated heterocycles. The lowest BCUT2D eigenvalue weighted by Gasteiger charge is -2.13. The van der Waals surface area contributed by atoms with Crippen LogP contribution in [0, 0.1) is 0 Å². The fourth-order valence-corrected chi connectivity index (χ4v) is 3.92. The van der Waals surface area contributed by atoms with Crippen LogP contribution in [0.5, 0.6) is 11.5 Å². The van der Waals surface area contributed by atoms with Crippen molar-refractivity contribution in [1.82, 2.24) is 5.32 Å². The molecular formula is C20H17BrN2O4S2. The van der Waals surface area contributed by atoms with Gasteiger partial charge in [-0.25, -0.2) is 0 Å². The smallest absolute Gasteiger partial charge is 0.263 e. The van der Waals surface area contributed by atoms with E-state index in [1.54, 1.807) is 36.4 Å². The number of thioether (sulfide) groups is 1. The first-order valence-corrected chi connectivity index (χ1v) is 10.7. The van der Waals surface area contributed by atoms with Crippen molar-refractivity contribution < 1.29 is 19.1 Å². The number of thiocarbonyl (C=S) groups is 1. The van der Waals surface area contributed by atoms with Crippen LogP contribution in [0.25, 0.3) is 6.08 Å². The number of anilines is 1. The van der Waals surface area contributed by atoms with Gasteiger partial charge in [0.05, 0.1) is 17.2 Å². The third kappa shape index (κ3) is 5.81. The minimum atomic E-state index is -0.326. The van der Waals surface area contributed by atoms with Crippen LogP contribution in [-0.4, -0.2) is 29.3 Å². The van der Waals surface area contributed by atoms with Crippen molar-refractivity contribution in [3.8, 4) is 11.5 Å². The normalized spacial score (nSPS) is 14.6. The second-order valence-electron chi connectivity index (χ2n) is 5.80. The van der Waals surface area contributed by atoms with Crippen LogP contribution < -0.4 is 20.1 Å². The van der Waals surface area contributed by atoms with E-state index in [4.69, 9.17) is 21.7 Å². The molecule has 1 heterocycles. The SMILES string of the molecule is CCOc1ccccc1NC(=O)COc1ccc(Br)cc1/C=C1\SC(=S)NC1=O. The van der Waals surface area contributed by atoms with Crippen LogP contribution in [-0.2, 0) is 9.59 Å². The Morgan fingerprint density at radius 3 is 2.76 bits per heavy atom. The molecule has 29 heavy (non-hydrogen) atoms. The molecule has 0 spiro atoms. The van der Waals surface area contributed by atoms with Crippen LogP contribution in [0.1, 0.15) is 12.5 Å². The molecule has 1 aliphatic heterocycles. The summed E-state index contributed by atoms with van der Waals surface area (Å²) in [4.78, 5) is 24.7. The van der Waals surface area contributed by atoms with Gasteiger partial charge >= 0.3 is 0 Å². The molecule has 2 amide bonds. The highest BCUT2D eigenvalue weighted by molar-refractivity contribution is 9.10. The molecule has 0 atom stereocenters. The average molecular weight is 493 g/mol. The molecule has 3 rings (SSSR count). The van der Waals surface area contributed by atoms with Crippen molar-refractivity contribution in [2.45, 2.75) is 6.92 Å². The number of para-hydroxylation sites is 2. The van der Waals surface area contributed by atoms with Gasteiger partial charge in [-0.1, -0.05) is 52.0 Å². The molecule has 0 bridgehead atoms. The number of carbonyl (C=O) groups is 2. The number of hydrogen-bond acceptors (Lipinski definition) is 6. The maximum absolute atomic E-state index is 12.4. The van der Waals surface area contributed by atoms with Crippen molar-refractivity contribution in [2.24, 2.45) is 0 Å². The molecule has 0 aromatic heterocycles. The molecule has 2 aromatic rings. The third-order valence-corrected chi connectivity index (χ3v) is 5.38. The maximum Gasteiger partial charge on any atom is 0.263 e. The van der Waals surface area contributed by atoms with E-state index in [9.17, 15) is 9.59 Å². The molecule has 1 aliphatic rings. The standard InChI is InChI=1S/C20H17BrN2O4S2/c1-2-26-16-6-4-3-5-14(16)22-18(24)11-27-15-8-7-13(21)9-12(15)10-17-19(25)23-20(28)29-17/h3-10H,2,11H2,1H3,(H,22,24)(H,23,25,28)/b17-10-. The maximum atomic E-state index is 12.4. The first-order chi connectivity index (χ1) is 14.0. The lowest BCUT2D eigenvalue weighted by atomic mass is 10.2. The van der Waals surface area contributed by atoms with Gasteiger partial charge in [0.15, 0.2) is 6.61 Å². The molecule has 2 N–H and O–H groups in total. The highest BCUT2D eigenvalue weighted by Gasteiger charge is 2.22. The van der Waals surface area contributed by atoms with Gasteiger partial charge in [-0.2, -0.15) is 0 Å². The van der Waals surface area contributed by atoms with Gasteiger partial charge in [0.25, 0.3) is 11.8 Å². The van der Waals surface area contributed by atoms with Crippen molar-refractivity contribution in [2.75, 3.05) is 18.5 Å². The summed E-state index contributed by atoms with van der Waals surface area (Å²) >= 11 is 9.60. The summed E-state index contributed by atoms with van der Waals surface area (Å²) in [5.74, 6) is 0.488. The Morgan fingerprint density at radius 1 is 1.24 bits per heavy atom. The molecule has 6 nitrogen and oxygen atoms in total. The molecule has 0 unspecified atom stereocenters. The number of amides is 2. The molecular weight excluding hydrogens is 476 g/mol. The van der Waals surface area contributed by atoms with E-state index >= 15 is 0 Å². The Kier molecular flexibility index (Phi) is 7.29. The van der Waals surface area contributed by atoms with E-state index in [1.807, 2.05) is 19.1 Å². The van der Waals surface area contributed by atoms with Gasteiger partial charge in [0.1, 0.15) is 15.8 Å². The monoisotopic (exact) mass is 492 g/mol. The predicted molar refractivity (Wildman–Crippen MR) is 122 cm³/mol. The Bertz CT molecular complexity index is 994. The van der Waals surface area contributed by atoms with Crippen LogP contribution in [0.3, 0.4) is 0 Å². The minimum absolute atomic E-state index is 0.198. The van der Waals surface area contributed by atoms with Gasteiger partial charge < -0.3 is 20.1 Å². The van der Waals surface area contributed by atoms with Gasteiger partial charge in [-0.05, 0) is 43.3 Å². The summed E-state index contributed by atoms with van der Waals surface area (Å²) in [7, 11) is 0. The highest BCUT2D eigenvalue weighted by atomic mass is 79.9. The van der Waals surface area contributed by atoms with Crippen LogP contribution >= 0.6 is 39.9 Å². The molecule has 0 aliphatic carbocycles. The first kappa shape index (κ1) is 21.4. The van der Waals surface area contributed by atoms with Crippen molar-refractivity contribution in [3.05, 3.63) is 57.4 Å². The Balaban J connectivity index is 1.71. The Hall–Kier alpha value is -2.36. The number of ether oxygens (including phenoxy) is 2. The minimum Gasteiger partial charge on any atom is -0.492 e. The van der Waals surface area contributed by atoms with Crippen molar-refractivity contribution >= 4 is 67.8 Å².